The van der Waals surface area contributed by atoms with Gasteiger partial charge in [0, 0.05) is 38.3 Å². The van der Waals surface area contributed by atoms with E-state index in [0.29, 0.717) is 6.61 Å². The van der Waals surface area contributed by atoms with Crippen LogP contribution >= 0.6 is 0 Å². The number of hydrogen-bond acceptors (Lipinski definition) is 6. The van der Waals surface area contributed by atoms with Crippen LogP contribution in [0.25, 0.3) is 11.8 Å². The zero-order chi connectivity index (χ0) is 30.1. The lowest BCUT2D eigenvalue weighted by Crippen LogP contribution is -2.48. The molecule has 3 aromatic carbocycles. The lowest BCUT2D eigenvalue weighted by Gasteiger charge is -2.39. The van der Waals surface area contributed by atoms with E-state index >= 15 is 0 Å². The Morgan fingerprint density at radius 3 is 2.39 bits per heavy atom. The van der Waals surface area contributed by atoms with E-state index in [2.05, 4.69) is 125 Å². The van der Waals surface area contributed by atoms with Crippen molar-refractivity contribution in [2.45, 2.75) is 32.9 Å². The molecule has 6 rings (SSSR count). The maximum Gasteiger partial charge on any atom is 0.178 e. The number of tetrazole rings is 1. The van der Waals surface area contributed by atoms with Gasteiger partial charge in [0.2, 0.25) is 0 Å². The molecular formula is C37H40N6O. The summed E-state index contributed by atoms with van der Waals surface area (Å²) in [7, 11) is 0. The van der Waals surface area contributed by atoms with Gasteiger partial charge in [0.25, 0.3) is 0 Å². The Morgan fingerprint density at radius 2 is 1.59 bits per heavy atom. The number of nitrogens with zero attached hydrogens (tertiary/aromatic N) is 6. The first kappa shape index (κ1) is 29.5. The highest BCUT2D eigenvalue weighted by molar-refractivity contribution is 5.68. The third-order valence-electron chi connectivity index (χ3n) is 8.33. The second-order valence-electron chi connectivity index (χ2n) is 11.4. The van der Waals surface area contributed by atoms with Gasteiger partial charge in [-0.25, -0.2) is 0 Å². The molecule has 1 aromatic heterocycles. The molecule has 0 radical (unpaired) electrons. The summed E-state index contributed by atoms with van der Waals surface area (Å²) in [4.78, 5) is 5.01. The molecule has 1 saturated heterocycles. The van der Waals surface area contributed by atoms with Gasteiger partial charge in [-0.2, -0.15) is 4.68 Å². The smallest absolute Gasteiger partial charge is 0.178 e. The first-order valence-electron chi connectivity index (χ1n) is 15.4. The average molecular weight is 585 g/mol. The average Bonchev–Trinajstić information content (AvgIpc) is 3.46. The van der Waals surface area contributed by atoms with Gasteiger partial charge in [-0.1, -0.05) is 109 Å². The van der Waals surface area contributed by atoms with Crippen molar-refractivity contribution in [3.63, 3.8) is 0 Å². The predicted molar refractivity (Wildman–Crippen MR) is 177 cm³/mol. The third kappa shape index (κ3) is 6.96. The molecule has 0 spiro atoms. The molecule has 0 saturated carbocycles. The number of allylic oxidation sites excluding steroid dienone is 6. The fourth-order valence-corrected chi connectivity index (χ4v) is 6.02. The number of aromatic nitrogens is 4. The fraction of sp³-hybridized carbons (Fsp3) is 0.270. The van der Waals surface area contributed by atoms with Gasteiger partial charge in [-0.3, -0.25) is 9.80 Å². The van der Waals surface area contributed by atoms with E-state index in [1.807, 2.05) is 28.9 Å². The summed E-state index contributed by atoms with van der Waals surface area (Å²) in [5, 5.41) is 13.5. The summed E-state index contributed by atoms with van der Waals surface area (Å²) in [5.41, 5.74) is 6.88. The molecule has 1 aliphatic carbocycles. The van der Waals surface area contributed by atoms with Crippen molar-refractivity contribution in [2.24, 2.45) is 0 Å². The van der Waals surface area contributed by atoms with E-state index < -0.39 is 0 Å². The van der Waals surface area contributed by atoms with Crippen molar-refractivity contribution >= 4 is 11.8 Å². The van der Waals surface area contributed by atoms with Crippen LogP contribution in [0.15, 0.2) is 120 Å². The zero-order valence-corrected chi connectivity index (χ0v) is 25.6. The molecule has 0 unspecified atom stereocenters. The lowest BCUT2D eigenvalue weighted by molar-refractivity contribution is 0.112. The van der Waals surface area contributed by atoms with Crippen LogP contribution in [0, 0.1) is 0 Å². The number of piperazine rings is 1. The van der Waals surface area contributed by atoms with Gasteiger partial charge < -0.3 is 4.74 Å². The monoisotopic (exact) mass is 584 g/mol. The maximum absolute atomic E-state index is 6.50. The molecule has 1 atom stereocenters. The molecule has 2 heterocycles. The Hall–Kier alpha value is -4.59. The molecule has 0 bridgehead atoms. The first-order valence-corrected chi connectivity index (χ1v) is 15.4. The van der Waals surface area contributed by atoms with Crippen molar-refractivity contribution in [2.75, 3.05) is 32.7 Å². The Bertz CT molecular complexity index is 1650. The van der Waals surface area contributed by atoms with E-state index in [1.165, 1.54) is 11.1 Å². The standard InChI is InChI=1S/C37H40N6O/c1-29-14-9-10-15-30(2)35(29)43-37(38-39-40-43)36(33-21-11-12-22-34(33)44-28-32-18-7-4-8-19-32)42-26-24-41(25-27-42)23-13-20-31-16-5-3-6-17-31/h3-14,16-22,36H,15,23-28H2,1-2H3/b20-13+/t36-/m1/s1. The van der Waals surface area contributed by atoms with Crippen molar-refractivity contribution in [3.8, 4) is 5.75 Å². The van der Waals surface area contributed by atoms with Gasteiger partial charge >= 0.3 is 0 Å². The molecule has 7 heteroatoms. The van der Waals surface area contributed by atoms with Crippen LogP contribution in [0.3, 0.4) is 0 Å². The van der Waals surface area contributed by atoms with E-state index in [4.69, 9.17) is 9.84 Å². The molecule has 4 aromatic rings. The minimum atomic E-state index is -0.178. The minimum absolute atomic E-state index is 0.178. The van der Waals surface area contributed by atoms with E-state index in [1.54, 1.807) is 0 Å². The summed E-state index contributed by atoms with van der Waals surface area (Å²) in [6, 6.07) is 29.0. The van der Waals surface area contributed by atoms with Gasteiger partial charge in [0.05, 0.1) is 5.70 Å². The summed E-state index contributed by atoms with van der Waals surface area (Å²) in [6.45, 7) is 9.40. The summed E-state index contributed by atoms with van der Waals surface area (Å²) in [5.74, 6) is 1.66. The van der Waals surface area contributed by atoms with Crippen LogP contribution in [0.1, 0.15) is 48.8 Å². The highest BCUT2D eigenvalue weighted by Gasteiger charge is 2.33. The summed E-state index contributed by atoms with van der Waals surface area (Å²) in [6.07, 6.45) is 11.8. The van der Waals surface area contributed by atoms with Gasteiger partial charge in [0.15, 0.2) is 5.82 Å². The van der Waals surface area contributed by atoms with E-state index in [9.17, 15) is 0 Å². The Kier molecular flexibility index (Phi) is 9.55. The lowest BCUT2D eigenvalue weighted by atomic mass is 10.0. The Morgan fingerprint density at radius 1 is 0.864 bits per heavy atom. The second-order valence-corrected chi connectivity index (χ2v) is 11.4. The number of benzene rings is 3. The normalized spacial score (nSPS) is 17.1. The zero-order valence-electron chi connectivity index (χ0n) is 25.6. The molecule has 224 valence electrons. The van der Waals surface area contributed by atoms with Crippen LogP contribution in [-0.2, 0) is 6.61 Å². The maximum atomic E-state index is 6.50. The minimum Gasteiger partial charge on any atom is -0.489 e. The van der Waals surface area contributed by atoms with Crippen LogP contribution in [0.5, 0.6) is 5.75 Å². The first-order chi connectivity index (χ1) is 21.7. The van der Waals surface area contributed by atoms with E-state index in [0.717, 1.165) is 73.1 Å². The SMILES string of the molecule is CC1=CC=CCC(C)=C1n1nnnc1[C@@H](c1ccccc1OCc1ccccc1)N1CCN(C/C=C/c2ccccc2)CC1. The molecule has 0 amide bonds. The number of hydrogen-bond donors (Lipinski definition) is 0. The highest BCUT2D eigenvalue weighted by Crippen LogP contribution is 2.37. The molecular weight excluding hydrogens is 544 g/mol. The van der Waals surface area contributed by atoms with Gasteiger partial charge in [-0.15, -0.1) is 5.10 Å². The topological polar surface area (TPSA) is 59.3 Å². The predicted octanol–water partition coefficient (Wildman–Crippen LogP) is 6.81. The number of para-hydroxylation sites is 1. The molecule has 44 heavy (non-hydrogen) atoms. The third-order valence-corrected chi connectivity index (χ3v) is 8.33. The number of rotatable bonds is 10. The summed E-state index contributed by atoms with van der Waals surface area (Å²) >= 11 is 0. The molecule has 1 aliphatic heterocycles. The molecule has 0 N–H and O–H groups in total. The van der Waals surface area contributed by atoms with Crippen LogP contribution < -0.4 is 4.74 Å². The molecule has 7 nitrogen and oxygen atoms in total. The molecule has 2 aliphatic rings. The fourth-order valence-electron chi connectivity index (χ4n) is 6.02. The quantitative estimate of drug-likeness (QED) is 0.204. The Labute approximate surface area is 260 Å². The summed E-state index contributed by atoms with van der Waals surface area (Å²) < 4.78 is 8.46. The van der Waals surface area contributed by atoms with Crippen molar-refractivity contribution in [1.82, 2.24) is 30.0 Å². The van der Waals surface area contributed by atoms with E-state index in [-0.39, 0.29) is 6.04 Å². The van der Waals surface area contributed by atoms with Crippen LogP contribution in [0.2, 0.25) is 0 Å². The number of ether oxygens (including phenoxy) is 1. The van der Waals surface area contributed by atoms with Gasteiger partial charge in [0.1, 0.15) is 18.4 Å². The van der Waals surface area contributed by atoms with Crippen LogP contribution in [0.4, 0.5) is 0 Å². The second kappa shape index (κ2) is 14.3. The van der Waals surface area contributed by atoms with Crippen molar-refractivity contribution in [1.29, 1.82) is 0 Å². The molecule has 1 fully saturated rings. The largest absolute Gasteiger partial charge is 0.489 e. The highest BCUT2D eigenvalue weighted by atomic mass is 16.5. The van der Waals surface area contributed by atoms with Crippen LogP contribution in [-0.4, -0.2) is 62.7 Å². The Balaban J connectivity index is 1.30. The van der Waals surface area contributed by atoms with Crippen molar-refractivity contribution in [3.05, 3.63) is 143 Å². The van der Waals surface area contributed by atoms with Gasteiger partial charge in [-0.05, 0) is 59.0 Å². The van der Waals surface area contributed by atoms with Crippen molar-refractivity contribution < 1.29 is 4.74 Å².